The van der Waals surface area contributed by atoms with Crippen molar-refractivity contribution in [3.05, 3.63) is 52.5 Å². The zero-order valence-corrected chi connectivity index (χ0v) is 16.3. The van der Waals surface area contributed by atoms with E-state index < -0.39 is 0 Å². The lowest BCUT2D eigenvalue weighted by Crippen LogP contribution is -2.32. The molecular formula is C18H23ClN4OS. The van der Waals surface area contributed by atoms with E-state index in [9.17, 15) is 4.79 Å². The van der Waals surface area contributed by atoms with Crippen LogP contribution >= 0.6 is 23.7 Å². The summed E-state index contributed by atoms with van der Waals surface area (Å²) in [4.78, 5) is 16.2. The van der Waals surface area contributed by atoms with Crippen molar-refractivity contribution in [2.75, 3.05) is 27.2 Å². The molecule has 3 rings (SSSR count). The molecule has 1 N–H and O–H groups in total. The molecule has 134 valence electrons. The number of aryl methyl sites for hydroxylation is 1. The average molecular weight is 379 g/mol. The molecule has 1 aromatic carbocycles. The van der Waals surface area contributed by atoms with Crippen LogP contribution in [-0.4, -0.2) is 47.8 Å². The lowest BCUT2D eigenvalue weighted by Gasteiger charge is -2.15. The molecular weight excluding hydrogens is 356 g/mol. The third-order valence-corrected chi connectivity index (χ3v) is 5.17. The van der Waals surface area contributed by atoms with Crippen LogP contribution in [0.25, 0.3) is 10.2 Å². The number of amides is 1. The molecule has 0 unspecified atom stereocenters. The van der Waals surface area contributed by atoms with Crippen molar-refractivity contribution in [2.24, 2.45) is 0 Å². The standard InChI is InChI=1S/C18H22N4OS.ClH/c1-13-15-11-16(17(23)21(3)10-9-19-2)24-18(15)22(20-13)12-14-7-5-4-6-8-14;/h4-8,11,19H,9-10,12H2,1-3H3;1H. The van der Waals surface area contributed by atoms with Crippen LogP contribution in [0.2, 0.25) is 0 Å². The van der Waals surface area contributed by atoms with Crippen LogP contribution in [0.1, 0.15) is 20.9 Å². The first-order chi connectivity index (χ1) is 11.6. The SMILES string of the molecule is CNCCN(C)C(=O)c1cc2c(C)nn(Cc3ccccc3)c2s1.Cl. The molecule has 0 saturated carbocycles. The van der Waals surface area contributed by atoms with E-state index in [1.165, 1.54) is 16.9 Å². The first-order valence-electron chi connectivity index (χ1n) is 8.01. The van der Waals surface area contributed by atoms with Gasteiger partial charge in [-0.25, -0.2) is 0 Å². The summed E-state index contributed by atoms with van der Waals surface area (Å²) in [6.07, 6.45) is 0. The fourth-order valence-corrected chi connectivity index (χ4v) is 3.81. The Labute approximate surface area is 158 Å². The Balaban J connectivity index is 0.00000225. The highest BCUT2D eigenvalue weighted by Crippen LogP contribution is 2.29. The van der Waals surface area contributed by atoms with Gasteiger partial charge in [0.1, 0.15) is 4.83 Å². The van der Waals surface area contributed by atoms with Gasteiger partial charge < -0.3 is 10.2 Å². The van der Waals surface area contributed by atoms with Crippen molar-refractivity contribution >= 4 is 39.9 Å². The number of likely N-dealkylation sites (N-methyl/N-ethyl adjacent to an activating group) is 2. The van der Waals surface area contributed by atoms with E-state index in [4.69, 9.17) is 0 Å². The highest BCUT2D eigenvalue weighted by molar-refractivity contribution is 7.20. The largest absolute Gasteiger partial charge is 0.340 e. The Morgan fingerprint density at radius 1 is 1.32 bits per heavy atom. The summed E-state index contributed by atoms with van der Waals surface area (Å²) in [5.74, 6) is 0.0668. The van der Waals surface area contributed by atoms with Crippen LogP contribution in [0.5, 0.6) is 0 Å². The number of aromatic nitrogens is 2. The lowest BCUT2D eigenvalue weighted by molar-refractivity contribution is 0.0801. The van der Waals surface area contributed by atoms with Crippen molar-refractivity contribution in [1.29, 1.82) is 0 Å². The molecule has 0 aliphatic carbocycles. The smallest absolute Gasteiger partial charge is 0.263 e. The van der Waals surface area contributed by atoms with Gasteiger partial charge in [-0.2, -0.15) is 5.10 Å². The number of hydrogen-bond acceptors (Lipinski definition) is 4. The number of hydrogen-bond donors (Lipinski definition) is 1. The fourth-order valence-electron chi connectivity index (χ4n) is 2.65. The molecule has 2 aromatic heterocycles. The number of carbonyl (C=O) groups is 1. The minimum atomic E-state index is 0. The maximum absolute atomic E-state index is 12.6. The van der Waals surface area contributed by atoms with Crippen molar-refractivity contribution in [3.63, 3.8) is 0 Å². The zero-order valence-electron chi connectivity index (χ0n) is 14.7. The first-order valence-corrected chi connectivity index (χ1v) is 8.82. The molecule has 0 aliphatic heterocycles. The van der Waals surface area contributed by atoms with Crippen LogP contribution < -0.4 is 5.32 Å². The van der Waals surface area contributed by atoms with Gasteiger partial charge >= 0.3 is 0 Å². The molecule has 25 heavy (non-hydrogen) atoms. The van der Waals surface area contributed by atoms with Crippen LogP contribution in [0.15, 0.2) is 36.4 Å². The van der Waals surface area contributed by atoms with Gasteiger partial charge in [0.05, 0.1) is 17.1 Å². The van der Waals surface area contributed by atoms with E-state index in [0.717, 1.165) is 33.9 Å². The van der Waals surface area contributed by atoms with Gasteiger partial charge in [0, 0.05) is 25.5 Å². The number of rotatable bonds is 6. The van der Waals surface area contributed by atoms with Crippen molar-refractivity contribution in [2.45, 2.75) is 13.5 Å². The Hall–Kier alpha value is -1.89. The number of carbonyl (C=O) groups excluding carboxylic acids is 1. The molecule has 1 amide bonds. The minimum absolute atomic E-state index is 0. The fraction of sp³-hybridized carbons (Fsp3) is 0.333. The van der Waals surface area contributed by atoms with E-state index >= 15 is 0 Å². The van der Waals surface area contributed by atoms with Gasteiger partial charge in [0.25, 0.3) is 5.91 Å². The number of halogens is 1. The predicted octanol–water partition coefficient (Wildman–Crippen LogP) is 3.17. The second-order valence-electron chi connectivity index (χ2n) is 5.89. The lowest BCUT2D eigenvalue weighted by atomic mass is 10.2. The summed E-state index contributed by atoms with van der Waals surface area (Å²) in [7, 11) is 3.73. The molecule has 0 fully saturated rings. The van der Waals surface area contributed by atoms with Gasteiger partial charge in [-0.1, -0.05) is 30.3 Å². The van der Waals surface area contributed by atoms with Crippen LogP contribution in [-0.2, 0) is 6.54 Å². The van der Waals surface area contributed by atoms with Crippen molar-refractivity contribution < 1.29 is 4.79 Å². The van der Waals surface area contributed by atoms with Gasteiger partial charge in [-0.15, -0.1) is 23.7 Å². The first kappa shape index (κ1) is 19.4. The summed E-state index contributed by atoms with van der Waals surface area (Å²) in [5.41, 5.74) is 2.17. The molecule has 0 radical (unpaired) electrons. The molecule has 0 spiro atoms. The topological polar surface area (TPSA) is 50.2 Å². The zero-order chi connectivity index (χ0) is 17.1. The summed E-state index contributed by atoms with van der Waals surface area (Å²) in [6, 6.07) is 12.2. The van der Waals surface area contributed by atoms with E-state index in [2.05, 4.69) is 22.5 Å². The van der Waals surface area contributed by atoms with Crippen LogP contribution in [0.3, 0.4) is 0 Å². The Kier molecular flexibility index (Phi) is 6.58. The van der Waals surface area contributed by atoms with Crippen LogP contribution in [0.4, 0.5) is 0 Å². The minimum Gasteiger partial charge on any atom is -0.340 e. The Bertz CT molecular complexity index is 844. The van der Waals surface area contributed by atoms with Gasteiger partial charge in [0.15, 0.2) is 0 Å². The molecule has 5 nitrogen and oxygen atoms in total. The molecule has 0 bridgehead atoms. The number of thiophene rings is 1. The van der Waals surface area contributed by atoms with Gasteiger partial charge in [-0.3, -0.25) is 9.48 Å². The Morgan fingerprint density at radius 3 is 2.72 bits per heavy atom. The number of fused-ring (bicyclic) bond motifs is 1. The van der Waals surface area contributed by atoms with Crippen LogP contribution in [0, 0.1) is 6.92 Å². The monoisotopic (exact) mass is 378 g/mol. The highest BCUT2D eigenvalue weighted by Gasteiger charge is 2.18. The number of nitrogens with zero attached hydrogens (tertiary/aromatic N) is 3. The van der Waals surface area contributed by atoms with E-state index in [1.54, 1.807) is 4.90 Å². The van der Waals surface area contributed by atoms with Crippen molar-refractivity contribution in [3.8, 4) is 0 Å². The third-order valence-electron chi connectivity index (χ3n) is 4.04. The number of benzene rings is 1. The molecule has 7 heteroatoms. The van der Waals surface area contributed by atoms with E-state index in [-0.39, 0.29) is 18.3 Å². The Morgan fingerprint density at radius 2 is 2.04 bits per heavy atom. The highest BCUT2D eigenvalue weighted by atomic mass is 35.5. The normalized spacial score (nSPS) is 10.7. The number of nitrogens with one attached hydrogen (secondary N) is 1. The maximum atomic E-state index is 12.6. The summed E-state index contributed by atoms with van der Waals surface area (Å²) >= 11 is 1.52. The summed E-state index contributed by atoms with van der Waals surface area (Å²) in [6.45, 7) is 4.19. The average Bonchev–Trinajstić information content (AvgIpc) is 3.15. The second-order valence-corrected chi connectivity index (χ2v) is 6.92. The molecule has 0 saturated heterocycles. The van der Waals surface area contributed by atoms with Crippen molar-refractivity contribution in [1.82, 2.24) is 20.0 Å². The summed E-state index contributed by atoms with van der Waals surface area (Å²) < 4.78 is 2.00. The maximum Gasteiger partial charge on any atom is 0.263 e. The predicted molar refractivity (Wildman–Crippen MR) is 106 cm³/mol. The summed E-state index contributed by atoms with van der Waals surface area (Å²) in [5, 5.41) is 8.77. The third kappa shape index (κ3) is 4.21. The van der Waals surface area contributed by atoms with Gasteiger partial charge in [0.2, 0.25) is 0 Å². The molecule has 3 aromatic rings. The van der Waals surface area contributed by atoms with E-state index in [0.29, 0.717) is 6.54 Å². The second kappa shape index (κ2) is 8.47. The quantitative estimate of drug-likeness (QED) is 0.716. The van der Waals surface area contributed by atoms with E-state index in [1.807, 2.05) is 50.0 Å². The molecule has 2 heterocycles. The molecule has 0 atom stereocenters. The molecule has 0 aliphatic rings. The van der Waals surface area contributed by atoms with Gasteiger partial charge in [-0.05, 0) is 25.6 Å².